The number of carboxylic acids is 1. The Morgan fingerprint density at radius 2 is 1.61 bits per heavy atom. The summed E-state index contributed by atoms with van der Waals surface area (Å²) < 4.78 is 23.3. The van der Waals surface area contributed by atoms with E-state index in [0.717, 1.165) is 0 Å². The number of aryl methyl sites for hydroxylation is 1. The summed E-state index contributed by atoms with van der Waals surface area (Å²) in [5.74, 6) is -1.81. The maximum atomic E-state index is 12.6. The van der Waals surface area contributed by atoms with Crippen LogP contribution in [0.5, 0.6) is 0 Å². The average molecular weight is 353 g/mol. The first-order valence-electron chi connectivity index (χ1n) is 6.56. The predicted molar refractivity (Wildman–Crippen MR) is 85.8 cm³/mol. The van der Waals surface area contributed by atoms with Gasteiger partial charge in [0.1, 0.15) is 0 Å². The largest absolute Gasteiger partial charge is 0.478 e. The molecule has 0 bridgehead atoms. The molecule has 2 aromatic carbocycles. The summed E-state index contributed by atoms with van der Waals surface area (Å²) in [6.45, 7) is 3.24. The molecule has 0 saturated carbocycles. The number of rotatable bonds is 4. The third-order valence-electron chi connectivity index (χ3n) is 3.55. The lowest BCUT2D eigenvalue weighted by Crippen LogP contribution is -2.11. The van der Waals surface area contributed by atoms with Gasteiger partial charge in [0.2, 0.25) is 0 Å². The number of ketones is 1. The number of carbonyl (C=O) groups is 2. The van der Waals surface area contributed by atoms with E-state index in [-0.39, 0.29) is 21.6 Å². The van der Waals surface area contributed by atoms with Gasteiger partial charge in [-0.15, -0.1) is 0 Å². The normalized spacial score (nSPS) is 11.3. The van der Waals surface area contributed by atoms with E-state index in [0.29, 0.717) is 11.1 Å². The Kier molecular flexibility index (Phi) is 4.58. The molecule has 5 nitrogen and oxygen atoms in total. The highest BCUT2D eigenvalue weighted by Gasteiger charge is 2.22. The topological polar surface area (TPSA) is 88.5 Å². The fourth-order valence-electron chi connectivity index (χ4n) is 2.23. The summed E-state index contributed by atoms with van der Waals surface area (Å²) >= 11 is 0. The van der Waals surface area contributed by atoms with Gasteiger partial charge in [0.15, 0.2) is 5.78 Å². The van der Waals surface area contributed by atoms with E-state index in [1.54, 1.807) is 19.9 Å². The van der Waals surface area contributed by atoms with Crippen LogP contribution in [0.4, 0.5) is 0 Å². The number of carboxylic acid groups (broad SMARTS) is 1. The molecule has 0 aliphatic rings. The van der Waals surface area contributed by atoms with Gasteiger partial charge in [-0.05, 0) is 43.2 Å². The van der Waals surface area contributed by atoms with Crippen molar-refractivity contribution in [1.82, 2.24) is 0 Å². The second-order valence-electron chi connectivity index (χ2n) is 5.03. The molecule has 2 aromatic rings. The maximum Gasteiger partial charge on any atom is 0.336 e. The lowest BCUT2D eigenvalue weighted by molar-refractivity contribution is 0.0692. The van der Waals surface area contributed by atoms with Crippen molar-refractivity contribution >= 4 is 31.5 Å². The fourth-order valence-corrected chi connectivity index (χ4v) is 3.51. The van der Waals surface area contributed by atoms with Crippen LogP contribution in [-0.4, -0.2) is 25.3 Å². The molecule has 0 saturated heterocycles. The van der Waals surface area contributed by atoms with Crippen molar-refractivity contribution in [3.05, 3.63) is 64.2 Å². The summed E-state index contributed by atoms with van der Waals surface area (Å²) in [5, 5.41) is 9.17. The van der Waals surface area contributed by atoms with E-state index in [4.69, 9.17) is 10.7 Å². The summed E-state index contributed by atoms with van der Waals surface area (Å²) in [7, 11) is 1.39. The third kappa shape index (κ3) is 3.43. The molecule has 1 N–H and O–H groups in total. The van der Waals surface area contributed by atoms with Crippen LogP contribution < -0.4 is 0 Å². The molecule has 23 heavy (non-hydrogen) atoms. The minimum Gasteiger partial charge on any atom is -0.478 e. The van der Waals surface area contributed by atoms with Crippen LogP contribution in [0.1, 0.15) is 37.4 Å². The first-order valence-corrected chi connectivity index (χ1v) is 8.87. The monoisotopic (exact) mass is 352 g/mol. The van der Waals surface area contributed by atoms with Crippen molar-refractivity contribution in [2.24, 2.45) is 0 Å². The fraction of sp³-hybridized carbons (Fsp3) is 0.125. The van der Waals surface area contributed by atoms with Crippen LogP contribution in [0, 0.1) is 13.8 Å². The highest BCUT2D eigenvalue weighted by Crippen LogP contribution is 2.26. The highest BCUT2D eigenvalue weighted by molar-refractivity contribution is 8.13. The summed E-state index contributed by atoms with van der Waals surface area (Å²) in [5.41, 5.74) is 0.930. The van der Waals surface area contributed by atoms with E-state index in [1.165, 1.54) is 30.3 Å². The van der Waals surface area contributed by atoms with Crippen LogP contribution in [-0.2, 0) is 9.05 Å². The smallest absolute Gasteiger partial charge is 0.336 e. The first kappa shape index (κ1) is 17.2. The summed E-state index contributed by atoms with van der Waals surface area (Å²) in [6, 6.07) is 8.44. The van der Waals surface area contributed by atoms with Crippen molar-refractivity contribution in [3.8, 4) is 0 Å². The zero-order valence-electron chi connectivity index (χ0n) is 12.3. The third-order valence-corrected chi connectivity index (χ3v) is 4.99. The molecule has 0 fully saturated rings. The number of hydrogen-bond acceptors (Lipinski definition) is 4. The van der Waals surface area contributed by atoms with E-state index >= 15 is 0 Å². The molecule has 120 valence electrons. The maximum absolute atomic E-state index is 12.6. The molecule has 0 radical (unpaired) electrons. The van der Waals surface area contributed by atoms with Crippen LogP contribution in [0.3, 0.4) is 0 Å². The lowest BCUT2D eigenvalue weighted by atomic mass is 9.96. The Morgan fingerprint density at radius 3 is 2.13 bits per heavy atom. The molecule has 0 unspecified atom stereocenters. The van der Waals surface area contributed by atoms with Gasteiger partial charge in [-0.2, -0.15) is 0 Å². The molecule has 0 amide bonds. The molecule has 0 aliphatic carbocycles. The molecular formula is C16H13ClO5S. The molecule has 0 heterocycles. The predicted octanol–water partition coefficient (Wildman–Crippen LogP) is 3.16. The van der Waals surface area contributed by atoms with Gasteiger partial charge in [0.05, 0.1) is 10.5 Å². The van der Waals surface area contributed by atoms with Gasteiger partial charge < -0.3 is 5.11 Å². The van der Waals surface area contributed by atoms with Gasteiger partial charge in [0.25, 0.3) is 9.05 Å². The quantitative estimate of drug-likeness (QED) is 0.674. The van der Waals surface area contributed by atoms with Crippen molar-refractivity contribution in [2.45, 2.75) is 18.7 Å². The lowest BCUT2D eigenvalue weighted by Gasteiger charge is -2.10. The van der Waals surface area contributed by atoms with E-state index in [2.05, 4.69) is 0 Å². The minimum absolute atomic E-state index is 0.0128. The van der Waals surface area contributed by atoms with Crippen molar-refractivity contribution < 1.29 is 23.1 Å². The van der Waals surface area contributed by atoms with Crippen molar-refractivity contribution in [1.29, 1.82) is 0 Å². The van der Waals surface area contributed by atoms with Gasteiger partial charge in [-0.25, -0.2) is 13.2 Å². The van der Waals surface area contributed by atoms with Gasteiger partial charge in [-0.3, -0.25) is 4.79 Å². The number of benzene rings is 2. The second-order valence-corrected chi connectivity index (χ2v) is 7.57. The van der Waals surface area contributed by atoms with Crippen molar-refractivity contribution in [3.63, 3.8) is 0 Å². The summed E-state index contributed by atoms with van der Waals surface area (Å²) in [4.78, 5) is 23.7. The number of aromatic carboxylic acids is 1. The Labute approximate surface area is 137 Å². The zero-order valence-corrected chi connectivity index (χ0v) is 13.9. The molecule has 7 heteroatoms. The number of hydrogen-bond donors (Lipinski definition) is 1. The zero-order chi connectivity index (χ0) is 17.4. The van der Waals surface area contributed by atoms with Crippen LogP contribution in [0.2, 0.25) is 0 Å². The van der Waals surface area contributed by atoms with E-state index < -0.39 is 20.8 Å². The Morgan fingerprint density at radius 1 is 1.04 bits per heavy atom. The molecular weight excluding hydrogens is 340 g/mol. The van der Waals surface area contributed by atoms with Gasteiger partial charge in [-0.1, -0.05) is 18.2 Å². The Hall–Kier alpha value is -2.18. The second kappa shape index (κ2) is 6.14. The molecule has 0 atom stereocenters. The van der Waals surface area contributed by atoms with Gasteiger partial charge >= 0.3 is 5.97 Å². The number of halogens is 1. The van der Waals surface area contributed by atoms with Crippen LogP contribution in [0.25, 0.3) is 0 Å². The van der Waals surface area contributed by atoms with Crippen LogP contribution in [0.15, 0.2) is 41.3 Å². The standard InChI is InChI=1S/C16H13ClO5S/c1-9-7-11(8-14(10(9)2)23(17,21)22)15(18)12-5-3-4-6-13(12)16(19)20/h3-8H,1-2H3,(H,19,20). The first-order chi connectivity index (χ1) is 10.6. The molecule has 0 aromatic heterocycles. The average Bonchev–Trinajstić information content (AvgIpc) is 2.47. The van der Waals surface area contributed by atoms with Crippen LogP contribution >= 0.6 is 10.7 Å². The van der Waals surface area contributed by atoms with E-state index in [9.17, 15) is 23.1 Å². The Bertz CT molecular complexity index is 916. The SMILES string of the molecule is Cc1cc(C(=O)c2ccccc2C(=O)O)cc(S(=O)(=O)Cl)c1C. The summed E-state index contributed by atoms with van der Waals surface area (Å²) in [6.07, 6.45) is 0. The van der Waals surface area contributed by atoms with E-state index in [1.807, 2.05) is 0 Å². The number of carbonyl (C=O) groups excluding carboxylic acids is 1. The molecule has 0 aliphatic heterocycles. The molecule has 2 rings (SSSR count). The molecule has 0 spiro atoms. The highest BCUT2D eigenvalue weighted by atomic mass is 35.7. The van der Waals surface area contributed by atoms with Crippen molar-refractivity contribution in [2.75, 3.05) is 0 Å². The Balaban J connectivity index is 2.67. The van der Waals surface area contributed by atoms with Gasteiger partial charge in [0, 0.05) is 21.8 Å². The minimum atomic E-state index is -4.02.